The summed E-state index contributed by atoms with van der Waals surface area (Å²) in [6, 6.07) is 4.02. The first-order valence-electron chi connectivity index (χ1n) is 7.26. The van der Waals surface area contributed by atoms with Crippen LogP contribution in [0.1, 0.15) is 39.4 Å². The molecule has 0 saturated carbocycles. The number of nitrogens with zero attached hydrogens (tertiary/aromatic N) is 1. The van der Waals surface area contributed by atoms with E-state index in [4.69, 9.17) is 9.47 Å². The van der Waals surface area contributed by atoms with Crippen LogP contribution in [0.2, 0.25) is 0 Å². The molecule has 1 unspecified atom stereocenters. The van der Waals surface area contributed by atoms with Crippen LogP contribution in [-0.4, -0.2) is 47.3 Å². The Morgan fingerprint density at radius 1 is 1.27 bits per heavy atom. The lowest BCUT2D eigenvalue weighted by molar-refractivity contribution is -0.233. The molecule has 0 aliphatic heterocycles. The minimum Gasteiger partial charge on any atom is -0.492 e. The topological polar surface area (TPSA) is 62.2 Å². The first-order valence-corrected chi connectivity index (χ1v) is 7.26. The predicted molar refractivity (Wildman–Crippen MR) is 82.0 cm³/mol. The highest BCUT2D eigenvalue weighted by Gasteiger charge is 2.20. The van der Waals surface area contributed by atoms with Crippen LogP contribution >= 0.6 is 0 Å². The Labute approximate surface area is 131 Å². The molecule has 0 spiro atoms. The van der Waals surface area contributed by atoms with Crippen molar-refractivity contribution < 1.29 is 24.1 Å². The predicted octanol–water partition coefficient (Wildman–Crippen LogP) is 2.28. The number of ether oxygens (including phenoxy) is 2. The van der Waals surface area contributed by atoms with Crippen molar-refractivity contribution in [2.75, 3.05) is 20.2 Å². The van der Waals surface area contributed by atoms with Crippen LogP contribution in [0.4, 0.5) is 4.39 Å². The molecule has 5 nitrogen and oxygen atoms in total. The standard InChI is InChI=1S/C16H26FNO4/c1-11(19)13-10-12(17)6-7-14(13)21-9-8-18(5)15(20)22-16(2,3)4/h6-7,10-11,15,19-20H,8-9H2,1-5H3/t11-,15?/m1/s1. The second kappa shape index (κ2) is 7.87. The van der Waals surface area contributed by atoms with Crippen molar-refractivity contribution in [3.63, 3.8) is 0 Å². The van der Waals surface area contributed by atoms with Crippen LogP contribution < -0.4 is 4.74 Å². The molecule has 0 aliphatic rings. The van der Waals surface area contributed by atoms with E-state index < -0.39 is 23.9 Å². The van der Waals surface area contributed by atoms with E-state index in [0.717, 1.165) is 0 Å². The lowest BCUT2D eigenvalue weighted by Gasteiger charge is -2.30. The summed E-state index contributed by atoms with van der Waals surface area (Å²) in [6.07, 6.45) is -1.86. The molecule has 126 valence electrons. The zero-order valence-corrected chi connectivity index (χ0v) is 13.8. The third kappa shape index (κ3) is 6.27. The molecule has 0 saturated heterocycles. The van der Waals surface area contributed by atoms with Gasteiger partial charge in [0.2, 0.25) is 6.41 Å². The molecular weight excluding hydrogens is 289 g/mol. The number of aliphatic hydroxyl groups is 2. The zero-order chi connectivity index (χ0) is 16.9. The largest absolute Gasteiger partial charge is 0.492 e. The van der Waals surface area contributed by atoms with Gasteiger partial charge in [-0.3, -0.25) is 4.90 Å². The van der Waals surface area contributed by atoms with Crippen LogP contribution in [0.3, 0.4) is 0 Å². The van der Waals surface area contributed by atoms with Gasteiger partial charge in [0, 0.05) is 12.1 Å². The van der Waals surface area contributed by atoms with Crippen molar-refractivity contribution in [2.24, 2.45) is 0 Å². The molecule has 0 aliphatic carbocycles. The van der Waals surface area contributed by atoms with E-state index >= 15 is 0 Å². The highest BCUT2D eigenvalue weighted by Crippen LogP contribution is 2.25. The molecule has 2 atom stereocenters. The molecule has 0 heterocycles. The van der Waals surface area contributed by atoms with Gasteiger partial charge in [-0.2, -0.15) is 0 Å². The molecule has 1 aromatic rings. The lowest BCUT2D eigenvalue weighted by atomic mass is 10.1. The monoisotopic (exact) mass is 315 g/mol. The van der Waals surface area contributed by atoms with Crippen molar-refractivity contribution in [2.45, 2.75) is 45.8 Å². The van der Waals surface area contributed by atoms with Crippen molar-refractivity contribution in [1.82, 2.24) is 4.90 Å². The van der Waals surface area contributed by atoms with Gasteiger partial charge in [-0.25, -0.2) is 4.39 Å². The number of hydrogen-bond acceptors (Lipinski definition) is 5. The fraction of sp³-hybridized carbons (Fsp3) is 0.625. The third-order valence-electron chi connectivity index (χ3n) is 2.96. The summed E-state index contributed by atoms with van der Waals surface area (Å²) in [5.41, 5.74) is -0.0560. The summed E-state index contributed by atoms with van der Waals surface area (Å²) in [5.74, 6) is 0.00500. The smallest absolute Gasteiger partial charge is 0.216 e. The molecule has 22 heavy (non-hydrogen) atoms. The number of hydrogen-bond donors (Lipinski definition) is 2. The minimum atomic E-state index is -1.03. The van der Waals surface area contributed by atoms with Gasteiger partial charge in [0.15, 0.2) is 0 Å². The van der Waals surface area contributed by atoms with Gasteiger partial charge in [-0.1, -0.05) is 0 Å². The Bertz CT molecular complexity index is 474. The maximum Gasteiger partial charge on any atom is 0.216 e. The Morgan fingerprint density at radius 3 is 2.45 bits per heavy atom. The van der Waals surface area contributed by atoms with Crippen molar-refractivity contribution in [3.8, 4) is 5.75 Å². The van der Waals surface area contributed by atoms with E-state index in [9.17, 15) is 14.6 Å². The average molecular weight is 315 g/mol. The summed E-state index contributed by atoms with van der Waals surface area (Å²) in [6.45, 7) is 7.80. The summed E-state index contributed by atoms with van der Waals surface area (Å²) < 4.78 is 24.2. The van der Waals surface area contributed by atoms with Crippen molar-refractivity contribution in [3.05, 3.63) is 29.6 Å². The fourth-order valence-electron chi connectivity index (χ4n) is 1.79. The first-order chi connectivity index (χ1) is 10.1. The van der Waals surface area contributed by atoms with Crippen LogP contribution in [0.15, 0.2) is 18.2 Å². The van der Waals surface area contributed by atoms with Gasteiger partial charge in [-0.15, -0.1) is 0 Å². The molecule has 0 radical (unpaired) electrons. The second-order valence-corrected chi connectivity index (χ2v) is 6.24. The average Bonchev–Trinajstić information content (AvgIpc) is 2.38. The SMILES string of the molecule is C[C@@H](O)c1cc(F)ccc1OCCN(C)C(O)OC(C)(C)C. The van der Waals surface area contributed by atoms with Crippen LogP contribution in [0.25, 0.3) is 0 Å². The van der Waals surface area contributed by atoms with Crippen molar-refractivity contribution >= 4 is 0 Å². The summed E-state index contributed by atoms with van der Waals surface area (Å²) in [7, 11) is 1.71. The third-order valence-corrected chi connectivity index (χ3v) is 2.96. The number of likely N-dealkylation sites (N-methyl/N-ethyl adjacent to an activating group) is 1. The van der Waals surface area contributed by atoms with Gasteiger partial charge in [0.1, 0.15) is 18.2 Å². The van der Waals surface area contributed by atoms with E-state index in [1.165, 1.54) is 18.2 Å². The minimum absolute atomic E-state index is 0.270. The van der Waals surface area contributed by atoms with E-state index in [-0.39, 0.29) is 6.61 Å². The molecule has 1 aromatic carbocycles. The Hall–Kier alpha value is -1.21. The molecule has 2 N–H and O–H groups in total. The second-order valence-electron chi connectivity index (χ2n) is 6.24. The van der Waals surface area contributed by atoms with E-state index in [0.29, 0.717) is 17.9 Å². The molecule has 1 rings (SSSR count). The zero-order valence-electron chi connectivity index (χ0n) is 13.8. The van der Waals surface area contributed by atoms with Gasteiger partial charge >= 0.3 is 0 Å². The van der Waals surface area contributed by atoms with E-state index in [1.807, 2.05) is 20.8 Å². The van der Waals surface area contributed by atoms with Gasteiger partial charge in [0.25, 0.3) is 0 Å². The summed E-state index contributed by atoms with van der Waals surface area (Å²) >= 11 is 0. The normalized spacial score (nSPS) is 15.0. The highest BCUT2D eigenvalue weighted by molar-refractivity contribution is 5.35. The molecule has 6 heteroatoms. The van der Waals surface area contributed by atoms with Crippen LogP contribution in [-0.2, 0) is 4.74 Å². The van der Waals surface area contributed by atoms with Crippen LogP contribution in [0, 0.1) is 5.82 Å². The summed E-state index contributed by atoms with van der Waals surface area (Å²) in [4.78, 5) is 1.59. The van der Waals surface area contributed by atoms with Gasteiger partial charge < -0.3 is 19.7 Å². The van der Waals surface area contributed by atoms with E-state index in [1.54, 1.807) is 18.9 Å². The number of benzene rings is 1. The summed E-state index contributed by atoms with van der Waals surface area (Å²) in [5, 5.41) is 19.5. The van der Waals surface area contributed by atoms with Crippen LogP contribution in [0.5, 0.6) is 5.75 Å². The maximum atomic E-state index is 13.2. The van der Waals surface area contributed by atoms with E-state index in [2.05, 4.69) is 0 Å². The van der Waals surface area contributed by atoms with Gasteiger partial charge in [0.05, 0.1) is 11.7 Å². The number of aliphatic hydroxyl groups excluding tert-OH is 2. The molecule has 0 aromatic heterocycles. The lowest BCUT2D eigenvalue weighted by Crippen LogP contribution is -2.41. The fourth-order valence-corrected chi connectivity index (χ4v) is 1.79. The highest BCUT2D eigenvalue weighted by atomic mass is 19.1. The Kier molecular flexibility index (Phi) is 6.74. The van der Waals surface area contributed by atoms with Crippen molar-refractivity contribution in [1.29, 1.82) is 0 Å². The molecule has 0 fully saturated rings. The molecular formula is C16H26FNO4. The number of rotatable bonds is 7. The maximum absolute atomic E-state index is 13.2. The quantitative estimate of drug-likeness (QED) is 0.756. The first kappa shape index (κ1) is 18.8. The Morgan fingerprint density at radius 2 is 1.91 bits per heavy atom. The molecule has 0 bridgehead atoms. The molecule has 0 amide bonds. The Balaban J connectivity index is 2.54. The van der Waals surface area contributed by atoms with Gasteiger partial charge in [-0.05, 0) is 52.9 Å². The number of halogens is 1.